The number of unbranched alkanes of at least 4 members (excludes halogenated alkanes) is 2. The quantitative estimate of drug-likeness (QED) is 0.703. The highest BCUT2D eigenvalue weighted by molar-refractivity contribution is 5.73. The Balaban J connectivity index is 2.24. The van der Waals surface area contributed by atoms with Gasteiger partial charge in [0.1, 0.15) is 17.4 Å². The molecule has 0 fully saturated rings. The first-order chi connectivity index (χ1) is 9.86. The Bertz CT molecular complexity index is 584. The molecule has 0 radical (unpaired) electrons. The number of hydrogen-bond donors (Lipinski definition) is 0. The molecule has 0 atom stereocenters. The summed E-state index contributed by atoms with van der Waals surface area (Å²) in [5, 5.41) is 9.43. The average molecular weight is 265 g/mol. The lowest BCUT2D eigenvalue weighted by atomic mass is 10.00. The smallest absolute Gasteiger partial charge is 0.137 e. The SMILES string of the molecule is CCCCCOc1cccc(-c2ccccc2)c1C#N. The van der Waals surface area contributed by atoms with Crippen molar-refractivity contribution in [3.63, 3.8) is 0 Å². The van der Waals surface area contributed by atoms with Gasteiger partial charge in [-0.3, -0.25) is 0 Å². The van der Waals surface area contributed by atoms with Gasteiger partial charge in [-0.15, -0.1) is 0 Å². The van der Waals surface area contributed by atoms with Gasteiger partial charge in [-0.05, 0) is 18.1 Å². The predicted molar refractivity (Wildman–Crippen MR) is 81.6 cm³/mol. The summed E-state index contributed by atoms with van der Waals surface area (Å²) in [6.07, 6.45) is 3.34. The van der Waals surface area contributed by atoms with Crippen LogP contribution in [0.4, 0.5) is 0 Å². The molecule has 0 saturated heterocycles. The molecule has 0 heterocycles. The Morgan fingerprint density at radius 3 is 2.50 bits per heavy atom. The summed E-state index contributed by atoms with van der Waals surface area (Å²) >= 11 is 0. The third-order valence-corrected chi connectivity index (χ3v) is 3.23. The molecule has 0 spiro atoms. The Morgan fingerprint density at radius 1 is 1.00 bits per heavy atom. The van der Waals surface area contributed by atoms with Gasteiger partial charge in [0.2, 0.25) is 0 Å². The van der Waals surface area contributed by atoms with E-state index in [-0.39, 0.29) is 0 Å². The van der Waals surface area contributed by atoms with E-state index >= 15 is 0 Å². The van der Waals surface area contributed by atoms with E-state index < -0.39 is 0 Å². The summed E-state index contributed by atoms with van der Waals surface area (Å²) < 4.78 is 5.77. The molecule has 0 saturated carbocycles. The standard InChI is InChI=1S/C18H19NO/c1-2-3-7-13-20-18-12-8-11-16(17(18)14-19)15-9-5-4-6-10-15/h4-6,8-12H,2-3,7,13H2,1H3. The van der Waals surface area contributed by atoms with Crippen molar-refractivity contribution < 1.29 is 4.74 Å². The zero-order chi connectivity index (χ0) is 14.2. The van der Waals surface area contributed by atoms with Crippen LogP contribution in [-0.2, 0) is 0 Å². The van der Waals surface area contributed by atoms with Crippen LogP contribution in [0.2, 0.25) is 0 Å². The van der Waals surface area contributed by atoms with Crippen LogP contribution in [0.5, 0.6) is 5.75 Å². The van der Waals surface area contributed by atoms with Crippen LogP contribution in [0, 0.1) is 11.3 Å². The van der Waals surface area contributed by atoms with Crippen LogP contribution < -0.4 is 4.74 Å². The molecule has 2 rings (SSSR count). The Kier molecular flexibility index (Phi) is 5.20. The van der Waals surface area contributed by atoms with E-state index in [4.69, 9.17) is 4.74 Å². The van der Waals surface area contributed by atoms with Crippen molar-refractivity contribution >= 4 is 0 Å². The molecule has 0 amide bonds. The molecule has 2 heteroatoms. The molecule has 0 bridgehead atoms. The number of benzene rings is 2. The second-order valence-corrected chi connectivity index (χ2v) is 4.71. The minimum atomic E-state index is 0.621. The third kappa shape index (κ3) is 3.39. The number of nitrogens with zero attached hydrogens (tertiary/aromatic N) is 1. The maximum absolute atomic E-state index is 9.43. The second kappa shape index (κ2) is 7.35. The van der Waals surface area contributed by atoms with E-state index in [0.29, 0.717) is 17.9 Å². The van der Waals surface area contributed by atoms with Gasteiger partial charge in [0.15, 0.2) is 0 Å². The number of nitriles is 1. The van der Waals surface area contributed by atoms with Gasteiger partial charge in [0, 0.05) is 5.56 Å². The number of rotatable bonds is 6. The fraction of sp³-hybridized carbons (Fsp3) is 0.278. The normalized spacial score (nSPS) is 10.0. The molecule has 102 valence electrons. The summed E-state index contributed by atoms with van der Waals surface area (Å²) in [5.41, 5.74) is 2.60. The Hall–Kier alpha value is -2.27. The monoisotopic (exact) mass is 265 g/mol. The van der Waals surface area contributed by atoms with Gasteiger partial charge in [0.25, 0.3) is 0 Å². The summed E-state index contributed by atoms with van der Waals surface area (Å²) in [7, 11) is 0. The first-order valence-corrected chi connectivity index (χ1v) is 7.08. The lowest BCUT2D eigenvalue weighted by molar-refractivity contribution is 0.305. The van der Waals surface area contributed by atoms with E-state index in [0.717, 1.165) is 24.0 Å². The van der Waals surface area contributed by atoms with Crippen molar-refractivity contribution in [2.75, 3.05) is 6.61 Å². The minimum absolute atomic E-state index is 0.621. The van der Waals surface area contributed by atoms with E-state index in [1.54, 1.807) is 0 Å². The summed E-state index contributed by atoms with van der Waals surface area (Å²) in [6, 6.07) is 18.0. The van der Waals surface area contributed by atoms with Crippen LogP contribution >= 0.6 is 0 Å². The first kappa shape index (κ1) is 14.1. The number of ether oxygens (including phenoxy) is 1. The highest BCUT2D eigenvalue weighted by atomic mass is 16.5. The van der Waals surface area contributed by atoms with Crippen molar-refractivity contribution in [2.45, 2.75) is 26.2 Å². The molecule has 0 N–H and O–H groups in total. The molecule has 0 aliphatic heterocycles. The van der Waals surface area contributed by atoms with Crippen LogP contribution in [0.3, 0.4) is 0 Å². The fourth-order valence-electron chi connectivity index (χ4n) is 2.16. The maximum Gasteiger partial charge on any atom is 0.137 e. The lowest BCUT2D eigenvalue weighted by Gasteiger charge is -2.11. The fourth-order valence-corrected chi connectivity index (χ4v) is 2.16. The largest absolute Gasteiger partial charge is 0.492 e. The topological polar surface area (TPSA) is 33.0 Å². The Labute approximate surface area is 120 Å². The van der Waals surface area contributed by atoms with Gasteiger partial charge >= 0.3 is 0 Å². The van der Waals surface area contributed by atoms with E-state index in [1.807, 2.05) is 48.5 Å². The van der Waals surface area contributed by atoms with Gasteiger partial charge < -0.3 is 4.74 Å². The van der Waals surface area contributed by atoms with Gasteiger partial charge in [0.05, 0.1) is 6.61 Å². The van der Waals surface area contributed by atoms with Crippen LogP contribution in [-0.4, -0.2) is 6.61 Å². The number of hydrogen-bond acceptors (Lipinski definition) is 2. The Morgan fingerprint density at radius 2 is 1.80 bits per heavy atom. The van der Waals surface area contributed by atoms with Crippen LogP contribution in [0.1, 0.15) is 31.7 Å². The van der Waals surface area contributed by atoms with Crippen molar-refractivity contribution in [3.8, 4) is 22.9 Å². The summed E-state index contributed by atoms with van der Waals surface area (Å²) in [5.74, 6) is 0.685. The molecule has 2 nitrogen and oxygen atoms in total. The third-order valence-electron chi connectivity index (χ3n) is 3.23. The molecule has 0 aliphatic carbocycles. The zero-order valence-corrected chi connectivity index (χ0v) is 11.8. The maximum atomic E-state index is 9.43. The minimum Gasteiger partial charge on any atom is -0.492 e. The average Bonchev–Trinajstić information content (AvgIpc) is 2.52. The summed E-state index contributed by atoms with van der Waals surface area (Å²) in [4.78, 5) is 0. The molecule has 0 aliphatic rings. The molecule has 20 heavy (non-hydrogen) atoms. The first-order valence-electron chi connectivity index (χ1n) is 7.08. The van der Waals surface area contributed by atoms with E-state index in [1.165, 1.54) is 6.42 Å². The molecule has 2 aromatic carbocycles. The highest BCUT2D eigenvalue weighted by Crippen LogP contribution is 2.30. The molecule has 0 aromatic heterocycles. The van der Waals surface area contributed by atoms with Crippen molar-refractivity contribution in [3.05, 3.63) is 54.1 Å². The van der Waals surface area contributed by atoms with Crippen LogP contribution in [0.15, 0.2) is 48.5 Å². The van der Waals surface area contributed by atoms with Crippen molar-refractivity contribution in [2.24, 2.45) is 0 Å². The summed E-state index contributed by atoms with van der Waals surface area (Å²) in [6.45, 7) is 2.83. The molecular weight excluding hydrogens is 246 g/mol. The molecule has 0 unspecified atom stereocenters. The van der Waals surface area contributed by atoms with Crippen molar-refractivity contribution in [1.29, 1.82) is 5.26 Å². The zero-order valence-electron chi connectivity index (χ0n) is 11.8. The van der Waals surface area contributed by atoms with Crippen LogP contribution in [0.25, 0.3) is 11.1 Å². The van der Waals surface area contributed by atoms with E-state index in [9.17, 15) is 5.26 Å². The van der Waals surface area contributed by atoms with Gasteiger partial charge in [-0.2, -0.15) is 5.26 Å². The predicted octanol–water partition coefficient (Wildman–Crippen LogP) is 4.79. The lowest BCUT2D eigenvalue weighted by Crippen LogP contribution is -2.00. The second-order valence-electron chi connectivity index (χ2n) is 4.71. The molecular formula is C18H19NO. The van der Waals surface area contributed by atoms with Gasteiger partial charge in [-0.25, -0.2) is 0 Å². The van der Waals surface area contributed by atoms with Gasteiger partial charge in [-0.1, -0.05) is 62.2 Å². The molecule has 2 aromatic rings. The highest BCUT2D eigenvalue weighted by Gasteiger charge is 2.10. The van der Waals surface area contributed by atoms with E-state index in [2.05, 4.69) is 13.0 Å². The van der Waals surface area contributed by atoms with Crippen molar-refractivity contribution in [1.82, 2.24) is 0 Å².